The summed E-state index contributed by atoms with van der Waals surface area (Å²) < 4.78 is 0. The largest absolute Gasteiger partial charge is 0.120 e. The molecule has 0 aromatic heterocycles. The van der Waals surface area contributed by atoms with Gasteiger partial charge in [0.1, 0.15) is 0 Å². The fraction of sp³-hybridized carbons (Fsp3) is 0.750. The predicted octanol–water partition coefficient (Wildman–Crippen LogP) is 2.06. The average molecular weight is 108 g/mol. The Morgan fingerprint density at radius 2 is 2.00 bits per heavy atom. The van der Waals surface area contributed by atoms with E-state index in [1.807, 2.05) is 0 Å². The Labute approximate surface area is 51.3 Å². The normalized spacial score (nSPS) is 20.1. The summed E-state index contributed by atoms with van der Waals surface area (Å²) in [6.07, 6.45) is 7.99. The molecule has 1 saturated carbocycles. The van der Waals surface area contributed by atoms with Crippen molar-refractivity contribution in [2.75, 3.05) is 0 Å². The molecule has 0 spiro atoms. The fourth-order valence-corrected chi connectivity index (χ4v) is 0.923. The van der Waals surface area contributed by atoms with Crippen LogP contribution >= 0.6 is 0 Å². The SMILES string of the molecule is C#CC(C)(C)C1CC1. The Hall–Kier alpha value is -0.440. The van der Waals surface area contributed by atoms with Crippen LogP contribution in [0.5, 0.6) is 0 Å². The van der Waals surface area contributed by atoms with Gasteiger partial charge in [0.15, 0.2) is 0 Å². The van der Waals surface area contributed by atoms with Crippen molar-refractivity contribution < 1.29 is 0 Å². The van der Waals surface area contributed by atoms with E-state index in [0.29, 0.717) is 0 Å². The second-order valence-corrected chi connectivity index (χ2v) is 3.14. The summed E-state index contributed by atoms with van der Waals surface area (Å²) >= 11 is 0. The minimum atomic E-state index is 0.181. The summed E-state index contributed by atoms with van der Waals surface area (Å²) in [5.41, 5.74) is 0.181. The molecular formula is C8H12. The molecule has 0 bridgehead atoms. The Morgan fingerprint density at radius 1 is 1.50 bits per heavy atom. The second-order valence-electron chi connectivity index (χ2n) is 3.14. The van der Waals surface area contributed by atoms with Crippen molar-refractivity contribution in [1.29, 1.82) is 0 Å². The zero-order chi connectivity index (χ0) is 6.20. The monoisotopic (exact) mass is 108 g/mol. The minimum Gasteiger partial charge on any atom is -0.120 e. The molecule has 0 amide bonds. The molecule has 1 aliphatic carbocycles. The third kappa shape index (κ3) is 0.865. The van der Waals surface area contributed by atoms with E-state index in [-0.39, 0.29) is 5.41 Å². The summed E-state index contributed by atoms with van der Waals surface area (Å²) in [5.74, 6) is 3.63. The van der Waals surface area contributed by atoms with E-state index < -0.39 is 0 Å². The third-order valence-corrected chi connectivity index (χ3v) is 1.97. The zero-order valence-corrected chi connectivity index (χ0v) is 5.57. The van der Waals surface area contributed by atoms with Crippen LogP contribution < -0.4 is 0 Å². The van der Waals surface area contributed by atoms with Crippen molar-refractivity contribution in [3.05, 3.63) is 0 Å². The fourth-order valence-electron chi connectivity index (χ4n) is 0.923. The molecule has 0 aromatic rings. The summed E-state index contributed by atoms with van der Waals surface area (Å²) in [6.45, 7) is 4.29. The Kier molecular flexibility index (Phi) is 1.08. The second kappa shape index (κ2) is 1.52. The van der Waals surface area contributed by atoms with Crippen molar-refractivity contribution >= 4 is 0 Å². The van der Waals surface area contributed by atoms with Crippen LogP contribution in [-0.4, -0.2) is 0 Å². The third-order valence-electron chi connectivity index (χ3n) is 1.97. The van der Waals surface area contributed by atoms with Crippen molar-refractivity contribution in [3.8, 4) is 12.3 Å². The minimum absolute atomic E-state index is 0.181. The molecular weight excluding hydrogens is 96.1 g/mol. The van der Waals surface area contributed by atoms with E-state index in [4.69, 9.17) is 6.42 Å². The highest BCUT2D eigenvalue weighted by atomic mass is 14.4. The van der Waals surface area contributed by atoms with Gasteiger partial charge in [0.05, 0.1) is 0 Å². The van der Waals surface area contributed by atoms with E-state index in [1.54, 1.807) is 0 Å². The maximum Gasteiger partial charge on any atom is 0.0283 e. The summed E-state index contributed by atoms with van der Waals surface area (Å²) in [5, 5.41) is 0. The van der Waals surface area contributed by atoms with Gasteiger partial charge in [-0.3, -0.25) is 0 Å². The summed E-state index contributed by atoms with van der Waals surface area (Å²) in [7, 11) is 0. The smallest absolute Gasteiger partial charge is 0.0283 e. The van der Waals surface area contributed by atoms with Crippen molar-refractivity contribution in [2.24, 2.45) is 11.3 Å². The first-order valence-electron chi connectivity index (χ1n) is 3.14. The number of hydrogen-bond donors (Lipinski definition) is 0. The van der Waals surface area contributed by atoms with Crippen LogP contribution in [0.1, 0.15) is 26.7 Å². The summed E-state index contributed by atoms with van der Waals surface area (Å²) in [4.78, 5) is 0. The van der Waals surface area contributed by atoms with Crippen molar-refractivity contribution in [1.82, 2.24) is 0 Å². The summed E-state index contributed by atoms with van der Waals surface area (Å²) in [6, 6.07) is 0. The molecule has 0 unspecified atom stereocenters. The molecule has 0 N–H and O–H groups in total. The highest BCUT2D eigenvalue weighted by molar-refractivity contribution is 5.07. The standard InChI is InChI=1S/C8H12/c1-4-8(2,3)7-5-6-7/h1,7H,5-6H2,2-3H3. The molecule has 0 aromatic carbocycles. The molecule has 1 rings (SSSR count). The number of hydrogen-bond acceptors (Lipinski definition) is 0. The molecule has 0 radical (unpaired) electrons. The molecule has 0 heterocycles. The number of rotatable bonds is 1. The van der Waals surface area contributed by atoms with E-state index in [0.717, 1.165) is 5.92 Å². The van der Waals surface area contributed by atoms with Crippen LogP contribution in [0.2, 0.25) is 0 Å². The Balaban J connectivity index is 2.53. The van der Waals surface area contributed by atoms with Gasteiger partial charge >= 0.3 is 0 Å². The van der Waals surface area contributed by atoms with Gasteiger partial charge < -0.3 is 0 Å². The van der Waals surface area contributed by atoms with Gasteiger partial charge in [-0.1, -0.05) is 0 Å². The predicted molar refractivity (Wildman–Crippen MR) is 35.3 cm³/mol. The molecule has 0 saturated heterocycles. The molecule has 0 atom stereocenters. The Bertz CT molecular complexity index is 121. The number of terminal acetylenes is 1. The van der Waals surface area contributed by atoms with Crippen LogP contribution in [0, 0.1) is 23.7 Å². The van der Waals surface area contributed by atoms with Gasteiger partial charge in [0, 0.05) is 5.41 Å². The lowest BCUT2D eigenvalue weighted by molar-refractivity contribution is 0.432. The van der Waals surface area contributed by atoms with E-state index in [1.165, 1.54) is 12.8 Å². The van der Waals surface area contributed by atoms with Gasteiger partial charge in [-0.15, -0.1) is 12.3 Å². The zero-order valence-electron chi connectivity index (χ0n) is 5.57. The molecule has 0 heteroatoms. The lowest BCUT2D eigenvalue weighted by Crippen LogP contribution is -2.09. The average Bonchev–Trinajstić information content (AvgIpc) is 2.44. The van der Waals surface area contributed by atoms with Gasteiger partial charge in [0.25, 0.3) is 0 Å². The van der Waals surface area contributed by atoms with Crippen LogP contribution in [0.15, 0.2) is 0 Å². The highest BCUT2D eigenvalue weighted by Crippen LogP contribution is 2.44. The van der Waals surface area contributed by atoms with Crippen LogP contribution in [0.25, 0.3) is 0 Å². The van der Waals surface area contributed by atoms with Crippen LogP contribution in [0.3, 0.4) is 0 Å². The Morgan fingerprint density at radius 3 is 2.12 bits per heavy atom. The molecule has 44 valence electrons. The first-order valence-corrected chi connectivity index (χ1v) is 3.14. The van der Waals surface area contributed by atoms with Gasteiger partial charge in [-0.05, 0) is 32.6 Å². The molecule has 0 aliphatic heterocycles. The van der Waals surface area contributed by atoms with Crippen molar-refractivity contribution in [3.63, 3.8) is 0 Å². The molecule has 8 heavy (non-hydrogen) atoms. The highest BCUT2D eigenvalue weighted by Gasteiger charge is 2.35. The van der Waals surface area contributed by atoms with Gasteiger partial charge in [-0.25, -0.2) is 0 Å². The quantitative estimate of drug-likeness (QED) is 0.451. The van der Waals surface area contributed by atoms with E-state index >= 15 is 0 Å². The maximum atomic E-state index is 5.30. The van der Waals surface area contributed by atoms with Crippen molar-refractivity contribution in [2.45, 2.75) is 26.7 Å². The van der Waals surface area contributed by atoms with Crippen LogP contribution in [-0.2, 0) is 0 Å². The van der Waals surface area contributed by atoms with Gasteiger partial charge in [0.2, 0.25) is 0 Å². The topological polar surface area (TPSA) is 0 Å². The van der Waals surface area contributed by atoms with Gasteiger partial charge in [-0.2, -0.15) is 0 Å². The molecule has 0 nitrogen and oxygen atoms in total. The van der Waals surface area contributed by atoms with E-state index in [9.17, 15) is 0 Å². The van der Waals surface area contributed by atoms with E-state index in [2.05, 4.69) is 19.8 Å². The molecule has 1 fully saturated rings. The molecule has 1 aliphatic rings. The maximum absolute atomic E-state index is 5.30. The lowest BCUT2D eigenvalue weighted by Gasteiger charge is -2.14. The van der Waals surface area contributed by atoms with Crippen LogP contribution in [0.4, 0.5) is 0 Å². The first kappa shape index (κ1) is 5.69. The first-order chi connectivity index (χ1) is 3.67. The lowest BCUT2D eigenvalue weighted by atomic mass is 9.89.